The van der Waals surface area contributed by atoms with Gasteiger partial charge < -0.3 is 9.88 Å². The van der Waals surface area contributed by atoms with Gasteiger partial charge in [0.05, 0.1) is 17.6 Å². The van der Waals surface area contributed by atoms with Crippen molar-refractivity contribution in [2.45, 2.75) is 19.4 Å². The van der Waals surface area contributed by atoms with E-state index in [-0.39, 0.29) is 5.91 Å². The van der Waals surface area contributed by atoms with Crippen molar-refractivity contribution >= 4 is 28.5 Å². The van der Waals surface area contributed by atoms with Gasteiger partial charge in [0.1, 0.15) is 5.82 Å². The van der Waals surface area contributed by atoms with Crippen LogP contribution in [0.3, 0.4) is 0 Å². The molecule has 0 fully saturated rings. The number of nitrogens with one attached hydrogen (secondary N) is 1. The molecule has 0 aliphatic heterocycles. The zero-order valence-electron chi connectivity index (χ0n) is 16.0. The first kappa shape index (κ1) is 19.2. The van der Waals surface area contributed by atoms with Crippen molar-refractivity contribution in [2.75, 3.05) is 6.54 Å². The van der Waals surface area contributed by atoms with Crippen molar-refractivity contribution in [1.82, 2.24) is 14.9 Å². The first-order valence-corrected chi connectivity index (χ1v) is 10.1. The molecule has 4 nitrogen and oxygen atoms in total. The predicted molar refractivity (Wildman–Crippen MR) is 117 cm³/mol. The minimum Gasteiger partial charge on any atom is -0.352 e. The molecule has 1 heterocycles. The van der Waals surface area contributed by atoms with Crippen LogP contribution in [0.1, 0.15) is 28.2 Å². The zero-order chi connectivity index (χ0) is 20.1. The lowest BCUT2D eigenvalue weighted by Crippen LogP contribution is -2.24. The molecular weight excluding hydrogens is 382 g/mol. The summed E-state index contributed by atoms with van der Waals surface area (Å²) in [7, 11) is 0. The van der Waals surface area contributed by atoms with Crippen molar-refractivity contribution in [1.29, 1.82) is 0 Å². The van der Waals surface area contributed by atoms with E-state index < -0.39 is 0 Å². The second-order valence-corrected chi connectivity index (χ2v) is 7.33. The van der Waals surface area contributed by atoms with Gasteiger partial charge in [-0.05, 0) is 42.3 Å². The molecule has 4 aromatic rings. The lowest BCUT2D eigenvalue weighted by atomic mass is 10.2. The number of imidazole rings is 1. The molecule has 4 rings (SSSR count). The molecular formula is C24H22ClN3O. The average molecular weight is 404 g/mol. The molecule has 0 aliphatic carbocycles. The quantitative estimate of drug-likeness (QED) is 0.436. The van der Waals surface area contributed by atoms with E-state index in [9.17, 15) is 4.79 Å². The molecule has 0 spiro atoms. The first-order valence-electron chi connectivity index (χ1n) is 9.73. The number of aromatic nitrogens is 2. The van der Waals surface area contributed by atoms with E-state index in [1.165, 1.54) is 0 Å². The topological polar surface area (TPSA) is 46.9 Å². The fraction of sp³-hybridized carbons (Fsp3) is 0.167. The lowest BCUT2D eigenvalue weighted by Gasteiger charge is -2.11. The summed E-state index contributed by atoms with van der Waals surface area (Å²) >= 11 is 6.38. The Morgan fingerprint density at radius 3 is 2.48 bits per heavy atom. The van der Waals surface area contributed by atoms with Crippen molar-refractivity contribution in [2.24, 2.45) is 0 Å². The first-order chi connectivity index (χ1) is 14.2. The number of para-hydroxylation sites is 2. The largest absolute Gasteiger partial charge is 0.352 e. The van der Waals surface area contributed by atoms with E-state index in [0.717, 1.165) is 40.3 Å². The highest BCUT2D eigenvalue weighted by atomic mass is 35.5. The highest BCUT2D eigenvalue weighted by molar-refractivity contribution is 6.31. The standard InChI is InChI=1S/C24H22ClN3O/c25-20-12-5-4-11-19(20)17-28-22-14-7-6-13-21(22)27-23(28)15-8-16-26-24(29)18-9-2-1-3-10-18/h1-7,9-14H,8,15-17H2,(H,26,29). The van der Waals surface area contributed by atoms with Gasteiger partial charge in [-0.25, -0.2) is 4.98 Å². The Kier molecular flexibility index (Phi) is 5.92. The molecule has 0 radical (unpaired) electrons. The number of aryl methyl sites for hydroxylation is 1. The fourth-order valence-electron chi connectivity index (χ4n) is 3.43. The van der Waals surface area contributed by atoms with Crippen LogP contribution in [0.2, 0.25) is 5.02 Å². The molecule has 0 unspecified atom stereocenters. The van der Waals surface area contributed by atoms with Crippen LogP contribution in [0.25, 0.3) is 11.0 Å². The maximum atomic E-state index is 12.2. The van der Waals surface area contributed by atoms with Crippen molar-refractivity contribution < 1.29 is 4.79 Å². The summed E-state index contributed by atoms with van der Waals surface area (Å²) in [6.45, 7) is 1.27. The summed E-state index contributed by atoms with van der Waals surface area (Å²) in [5.74, 6) is 0.954. The van der Waals surface area contributed by atoms with E-state index >= 15 is 0 Å². The Bertz CT molecular complexity index is 1120. The Hall–Kier alpha value is -3.11. The minimum atomic E-state index is -0.0461. The van der Waals surface area contributed by atoms with Crippen LogP contribution in [0.5, 0.6) is 0 Å². The van der Waals surface area contributed by atoms with Gasteiger partial charge in [-0.2, -0.15) is 0 Å². The predicted octanol–water partition coefficient (Wildman–Crippen LogP) is 5.10. The Labute approximate surface area is 175 Å². The Morgan fingerprint density at radius 2 is 1.66 bits per heavy atom. The van der Waals surface area contributed by atoms with Crippen LogP contribution >= 0.6 is 11.6 Å². The molecule has 0 atom stereocenters. The Balaban J connectivity index is 1.47. The number of carbonyl (C=O) groups is 1. The molecule has 29 heavy (non-hydrogen) atoms. The molecule has 3 aromatic carbocycles. The average Bonchev–Trinajstić information content (AvgIpc) is 3.10. The second kappa shape index (κ2) is 8.93. The van der Waals surface area contributed by atoms with Crippen molar-refractivity contribution in [3.05, 3.63) is 101 Å². The SMILES string of the molecule is O=C(NCCCc1nc2ccccc2n1Cc1ccccc1Cl)c1ccccc1. The fourth-order valence-corrected chi connectivity index (χ4v) is 3.63. The van der Waals surface area contributed by atoms with Crippen molar-refractivity contribution in [3.63, 3.8) is 0 Å². The molecule has 5 heteroatoms. The Morgan fingerprint density at radius 1 is 0.931 bits per heavy atom. The van der Waals surface area contributed by atoms with Crippen LogP contribution in [0.15, 0.2) is 78.9 Å². The maximum Gasteiger partial charge on any atom is 0.251 e. The molecule has 1 aromatic heterocycles. The molecule has 0 aliphatic rings. The number of hydrogen-bond acceptors (Lipinski definition) is 2. The van der Waals surface area contributed by atoms with Gasteiger partial charge in [-0.3, -0.25) is 4.79 Å². The summed E-state index contributed by atoms with van der Waals surface area (Å²) in [5, 5.41) is 3.74. The summed E-state index contributed by atoms with van der Waals surface area (Å²) in [6, 6.07) is 25.3. The third-order valence-corrected chi connectivity index (χ3v) is 5.29. The zero-order valence-corrected chi connectivity index (χ0v) is 16.8. The van der Waals surface area contributed by atoms with E-state index in [0.29, 0.717) is 18.7 Å². The van der Waals surface area contributed by atoms with Crippen LogP contribution < -0.4 is 5.32 Å². The molecule has 1 amide bonds. The van der Waals surface area contributed by atoms with Gasteiger partial charge in [0.15, 0.2) is 0 Å². The number of fused-ring (bicyclic) bond motifs is 1. The highest BCUT2D eigenvalue weighted by Gasteiger charge is 2.12. The summed E-state index contributed by atoms with van der Waals surface area (Å²) < 4.78 is 2.22. The highest BCUT2D eigenvalue weighted by Crippen LogP contribution is 2.22. The smallest absolute Gasteiger partial charge is 0.251 e. The third-order valence-electron chi connectivity index (χ3n) is 4.92. The van der Waals surface area contributed by atoms with E-state index in [1.807, 2.05) is 72.8 Å². The van der Waals surface area contributed by atoms with Gasteiger partial charge >= 0.3 is 0 Å². The van der Waals surface area contributed by atoms with E-state index in [4.69, 9.17) is 16.6 Å². The number of amides is 1. The third kappa shape index (κ3) is 4.49. The number of rotatable bonds is 7. The molecule has 0 saturated carbocycles. The van der Waals surface area contributed by atoms with Gasteiger partial charge in [-0.1, -0.05) is 60.1 Å². The minimum absolute atomic E-state index is 0.0461. The second-order valence-electron chi connectivity index (χ2n) is 6.92. The van der Waals surface area contributed by atoms with Crippen LogP contribution in [-0.4, -0.2) is 22.0 Å². The van der Waals surface area contributed by atoms with Crippen LogP contribution in [0, 0.1) is 0 Å². The summed E-state index contributed by atoms with van der Waals surface area (Å²) in [6.07, 6.45) is 1.58. The number of hydrogen-bond donors (Lipinski definition) is 1. The number of benzene rings is 3. The normalized spacial score (nSPS) is 10.9. The molecule has 146 valence electrons. The summed E-state index contributed by atoms with van der Waals surface area (Å²) in [4.78, 5) is 17.0. The number of carbonyl (C=O) groups excluding carboxylic acids is 1. The van der Waals surface area contributed by atoms with Gasteiger partial charge in [0.25, 0.3) is 5.91 Å². The molecule has 0 saturated heterocycles. The molecule has 0 bridgehead atoms. The van der Waals surface area contributed by atoms with E-state index in [1.54, 1.807) is 0 Å². The van der Waals surface area contributed by atoms with Crippen LogP contribution in [-0.2, 0) is 13.0 Å². The number of halogens is 1. The van der Waals surface area contributed by atoms with Gasteiger partial charge in [0.2, 0.25) is 0 Å². The maximum absolute atomic E-state index is 12.2. The van der Waals surface area contributed by atoms with Gasteiger partial charge in [0, 0.05) is 23.6 Å². The lowest BCUT2D eigenvalue weighted by molar-refractivity contribution is 0.0953. The monoisotopic (exact) mass is 403 g/mol. The number of nitrogens with zero attached hydrogens (tertiary/aromatic N) is 2. The molecule has 1 N–H and O–H groups in total. The van der Waals surface area contributed by atoms with E-state index in [2.05, 4.69) is 16.0 Å². The van der Waals surface area contributed by atoms with Crippen LogP contribution in [0.4, 0.5) is 0 Å². The summed E-state index contributed by atoms with van der Waals surface area (Å²) in [5.41, 5.74) is 3.81. The van der Waals surface area contributed by atoms with Crippen molar-refractivity contribution in [3.8, 4) is 0 Å². The van der Waals surface area contributed by atoms with Gasteiger partial charge in [-0.15, -0.1) is 0 Å².